The molecule has 0 aromatic rings. The summed E-state index contributed by atoms with van der Waals surface area (Å²) in [6.07, 6.45) is 15.8. The van der Waals surface area contributed by atoms with E-state index in [0.29, 0.717) is 11.7 Å². The van der Waals surface area contributed by atoms with Gasteiger partial charge in [0.15, 0.2) is 0 Å². The highest BCUT2D eigenvalue weighted by Gasteiger charge is 2.14. The molecule has 3 atom stereocenters. The fraction of sp³-hybridized carbons (Fsp3) is 0.955. The van der Waals surface area contributed by atoms with E-state index in [1.807, 2.05) is 0 Å². The molecule has 3 unspecified atom stereocenters. The smallest absolute Gasteiger partial charge is 0.133 e. The van der Waals surface area contributed by atoms with E-state index in [1.165, 1.54) is 64.2 Å². The molecule has 0 radical (unpaired) electrons. The molecule has 138 valence electrons. The largest absolute Gasteiger partial charge is 0.300 e. The average molecular weight is 325 g/mol. The molecule has 1 nitrogen and oxygen atoms in total. The molecule has 0 aromatic heterocycles. The van der Waals surface area contributed by atoms with Crippen molar-refractivity contribution in [1.29, 1.82) is 0 Å². The predicted octanol–water partition coefficient (Wildman–Crippen LogP) is 7.57. The number of hydrogen-bond acceptors (Lipinski definition) is 1. The summed E-state index contributed by atoms with van der Waals surface area (Å²) in [4.78, 5) is 12.2. The van der Waals surface area contributed by atoms with Gasteiger partial charge in [0.2, 0.25) is 0 Å². The number of ketones is 1. The Kier molecular flexibility index (Phi) is 15.0. The molecule has 0 aliphatic rings. The summed E-state index contributed by atoms with van der Waals surface area (Å²) in [5.74, 6) is 2.74. The van der Waals surface area contributed by atoms with E-state index in [2.05, 4.69) is 34.6 Å². The lowest BCUT2D eigenvalue weighted by molar-refractivity contribution is -0.120. The van der Waals surface area contributed by atoms with Crippen LogP contribution in [0.15, 0.2) is 0 Å². The molecule has 0 aliphatic heterocycles. The van der Waals surface area contributed by atoms with Gasteiger partial charge in [0.1, 0.15) is 5.78 Å². The highest BCUT2D eigenvalue weighted by Crippen LogP contribution is 2.24. The Morgan fingerprint density at radius 3 is 1.74 bits per heavy atom. The van der Waals surface area contributed by atoms with Crippen LogP contribution in [0, 0.1) is 17.8 Å². The normalized spacial score (nSPS) is 15.3. The molecule has 0 heterocycles. The topological polar surface area (TPSA) is 17.1 Å². The van der Waals surface area contributed by atoms with Gasteiger partial charge < -0.3 is 0 Å². The van der Waals surface area contributed by atoms with Crippen molar-refractivity contribution in [2.75, 3.05) is 0 Å². The molecule has 0 N–H and O–H groups in total. The Balaban J connectivity index is 3.90. The van der Waals surface area contributed by atoms with Crippen molar-refractivity contribution >= 4 is 5.78 Å². The van der Waals surface area contributed by atoms with Crippen molar-refractivity contribution in [2.24, 2.45) is 17.8 Å². The van der Waals surface area contributed by atoms with E-state index in [0.717, 1.165) is 31.1 Å². The molecule has 0 saturated heterocycles. The Hall–Kier alpha value is -0.330. The summed E-state index contributed by atoms with van der Waals surface area (Å²) in [5.41, 5.74) is 0. The summed E-state index contributed by atoms with van der Waals surface area (Å²) >= 11 is 0. The Labute approximate surface area is 147 Å². The molecule has 23 heavy (non-hydrogen) atoms. The number of hydrogen-bond donors (Lipinski definition) is 0. The quantitative estimate of drug-likeness (QED) is 0.286. The molecule has 0 amide bonds. The molecule has 0 aliphatic carbocycles. The molecule has 0 saturated carbocycles. The Morgan fingerprint density at radius 1 is 0.739 bits per heavy atom. The molecule has 0 fully saturated rings. The third-order valence-electron chi connectivity index (χ3n) is 5.56. The molecular weight excluding hydrogens is 280 g/mol. The standard InChI is InChI=1S/C22H44O/c1-6-10-12-20(8-3)15-14-19(5)18-22(23)17-16-21(9-4)13-11-7-2/h19-21H,6-18H2,1-5H3. The van der Waals surface area contributed by atoms with Crippen LogP contribution < -0.4 is 0 Å². The van der Waals surface area contributed by atoms with Crippen molar-refractivity contribution in [3.05, 3.63) is 0 Å². The average Bonchev–Trinajstić information content (AvgIpc) is 2.55. The maximum absolute atomic E-state index is 12.2. The summed E-state index contributed by atoms with van der Waals surface area (Å²) in [6.45, 7) is 11.4. The number of rotatable bonds is 16. The van der Waals surface area contributed by atoms with Crippen molar-refractivity contribution in [2.45, 2.75) is 118 Å². The first-order chi connectivity index (χ1) is 11.1. The number of unbranched alkanes of at least 4 members (excludes halogenated alkanes) is 2. The van der Waals surface area contributed by atoms with Gasteiger partial charge in [0, 0.05) is 12.8 Å². The van der Waals surface area contributed by atoms with Crippen LogP contribution in [-0.2, 0) is 4.79 Å². The Bertz CT molecular complexity index is 271. The molecular formula is C22H44O. The van der Waals surface area contributed by atoms with E-state index < -0.39 is 0 Å². The maximum Gasteiger partial charge on any atom is 0.133 e. The van der Waals surface area contributed by atoms with Crippen LogP contribution in [0.2, 0.25) is 0 Å². The van der Waals surface area contributed by atoms with Crippen LogP contribution in [0.4, 0.5) is 0 Å². The lowest BCUT2D eigenvalue weighted by Gasteiger charge is -2.18. The van der Waals surface area contributed by atoms with Crippen LogP contribution in [0.3, 0.4) is 0 Å². The summed E-state index contributed by atoms with van der Waals surface area (Å²) < 4.78 is 0. The minimum atomic E-state index is 0.508. The van der Waals surface area contributed by atoms with Crippen LogP contribution >= 0.6 is 0 Å². The fourth-order valence-corrected chi connectivity index (χ4v) is 3.57. The fourth-order valence-electron chi connectivity index (χ4n) is 3.57. The van der Waals surface area contributed by atoms with Crippen molar-refractivity contribution < 1.29 is 4.79 Å². The SMILES string of the molecule is CCCCC(CC)CCC(=O)CC(C)CCC(CC)CCCC. The second kappa shape index (κ2) is 15.2. The van der Waals surface area contributed by atoms with Gasteiger partial charge in [-0.2, -0.15) is 0 Å². The van der Waals surface area contributed by atoms with E-state index in [-0.39, 0.29) is 0 Å². The molecule has 1 heteroatoms. The summed E-state index contributed by atoms with van der Waals surface area (Å²) in [5, 5.41) is 0. The minimum absolute atomic E-state index is 0.508. The van der Waals surface area contributed by atoms with E-state index in [1.54, 1.807) is 0 Å². The van der Waals surface area contributed by atoms with Crippen LogP contribution in [0.1, 0.15) is 118 Å². The second-order valence-electron chi connectivity index (χ2n) is 7.80. The maximum atomic E-state index is 12.2. The van der Waals surface area contributed by atoms with Gasteiger partial charge in [-0.25, -0.2) is 0 Å². The van der Waals surface area contributed by atoms with E-state index >= 15 is 0 Å². The van der Waals surface area contributed by atoms with Gasteiger partial charge >= 0.3 is 0 Å². The second-order valence-corrected chi connectivity index (χ2v) is 7.80. The number of carbonyl (C=O) groups is 1. The van der Waals surface area contributed by atoms with Crippen LogP contribution in [0.5, 0.6) is 0 Å². The van der Waals surface area contributed by atoms with Gasteiger partial charge in [-0.3, -0.25) is 4.79 Å². The van der Waals surface area contributed by atoms with Gasteiger partial charge in [0.25, 0.3) is 0 Å². The minimum Gasteiger partial charge on any atom is -0.300 e. The molecule has 0 rings (SSSR count). The van der Waals surface area contributed by atoms with Gasteiger partial charge in [-0.1, -0.05) is 98.8 Å². The zero-order valence-corrected chi connectivity index (χ0v) is 16.8. The third kappa shape index (κ3) is 12.7. The van der Waals surface area contributed by atoms with Gasteiger partial charge in [0.05, 0.1) is 0 Å². The number of carbonyl (C=O) groups excluding carboxylic acids is 1. The summed E-state index contributed by atoms with van der Waals surface area (Å²) in [6, 6.07) is 0. The highest BCUT2D eigenvalue weighted by atomic mass is 16.1. The molecule has 0 spiro atoms. The summed E-state index contributed by atoms with van der Waals surface area (Å²) in [7, 11) is 0. The zero-order chi connectivity index (χ0) is 17.5. The molecule has 0 aromatic carbocycles. The highest BCUT2D eigenvalue weighted by molar-refractivity contribution is 5.78. The first-order valence-electron chi connectivity index (χ1n) is 10.6. The number of Topliss-reactive ketones (excluding diaryl/α,β-unsaturated/α-hetero) is 1. The third-order valence-corrected chi connectivity index (χ3v) is 5.56. The first kappa shape index (κ1) is 22.7. The van der Waals surface area contributed by atoms with Crippen molar-refractivity contribution in [1.82, 2.24) is 0 Å². The zero-order valence-electron chi connectivity index (χ0n) is 16.8. The Morgan fingerprint density at radius 2 is 1.26 bits per heavy atom. The lowest BCUT2D eigenvalue weighted by Crippen LogP contribution is -2.10. The van der Waals surface area contributed by atoms with Crippen molar-refractivity contribution in [3.8, 4) is 0 Å². The van der Waals surface area contributed by atoms with E-state index in [9.17, 15) is 4.79 Å². The van der Waals surface area contributed by atoms with E-state index in [4.69, 9.17) is 0 Å². The first-order valence-corrected chi connectivity index (χ1v) is 10.6. The monoisotopic (exact) mass is 324 g/mol. The van der Waals surface area contributed by atoms with Crippen molar-refractivity contribution in [3.63, 3.8) is 0 Å². The van der Waals surface area contributed by atoms with Gasteiger partial charge in [-0.05, 0) is 24.2 Å². The van der Waals surface area contributed by atoms with Gasteiger partial charge in [-0.15, -0.1) is 0 Å². The van der Waals surface area contributed by atoms with Crippen LogP contribution in [-0.4, -0.2) is 5.78 Å². The van der Waals surface area contributed by atoms with Crippen LogP contribution in [0.25, 0.3) is 0 Å². The molecule has 0 bridgehead atoms. The lowest BCUT2D eigenvalue weighted by atomic mass is 9.87. The predicted molar refractivity (Wildman–Crippen MR) is 104 cm³/mol.